The van der Waals surface area contributed by atoms with Crippen LogP contribution < -0.4 is 0 Å². The monoisotopic (exact) mass is 326 g/mol. The van der Waals surface area contributed by atoms with Gasteiger partial charge < -0.3 is 0 Å². The van der Waals surface area contributed by atoms with Crippen LogP contribution in [0.3, 0.4) is 0 Å². The Kier molecular flexibility index (Phi) is 12.1. The largest absolute Gasteiger partial charge is 0.247 e. The lowest BCUT2D eigenvalue weighted by Gasteiger charge is -2.33. The van der Waals surface area contributed by atoms with Crippen molar-refractivity contribution in [3.8, 4) is 0 Å². The zero-order valence-electron chi connectivity index (χ0n) is 16.3. The molecule has 0 spiro atoms. The Morgan fingerprint density at radius 1 is 0.826 bits per heavy atom. The molecule has 0 N–H and O–H groups in total. The van der Waals surface area contributed by atoms with Gasteiger partial charge in [-0.1, -0.05) is 91.4 Å². The van der Waals surface area contributed by atoms with Gasteiger partial charge in [0.05, 0.1) is 0 Å². The summed E-state index contributed by atoms with van der Waals surface area (Å²) in [6, 6.07) is 0. The molecule has 0 bridgehead atoms. The van der Waals surface area contributed by atoms with Gasteiger partial charge in [-0.3, -0.25) is 0 Å². The van der Waals surface area contributed by atoms with Gasteiger partial charge in [-0.25, -0.2) is 4.39 Å². The third kappa shape index (κ3) is 9.72. The normalized spacial score (nSPS) is 24.5. The van der Waals surface area contributed by atoms with Crippen molar-refractivity contribution in [2.24, 2.45) is 17.8 Å². The zero-order valence-corrected chi connectivity index (χ0v) is 16.3. The average Bonchev–Trinajstić information content (AvgIpc) is 2.55. The molecular formula is C22H43F. The molecular weight excluding hydrogens is 283 g/mol. The summed E-state index contributed by atoms with van der Waals surface area (Å²) in [6.07, 6.45) is 18.6. The van der Waals surface area contributed by atoms with E-state index in [1.165, 1.54) is 77.0 Å². The van der Waals surface area contributed by atoms with Gasteiger partial charge >= 0.3 is 0 Å². The molecule has 0 amide bonds. The molecule has 0 aromatic rings. The Morgan fingerprint density at radius 2 is 1.43 bits per heavy atom. The van der Waals surface area contributed by atoms with Crippen LogP contribution in [0.1, 0.15) is 117 Å². The van der Waals surface area contributed by atoms with Crippen molar-refractivity contribution in [1.29, 1.82) is 0 Å². The van der Waals surface area contributed by atoms with Crippen LogP contribution in [0.2, 0.25) is 0 Å². The van der Waals surface area contributed by atoms with Crippen molar-refractivity contribution in [3.63, 3.8) is 0 Å². The minimum Gasteiger partial charge on any atom is -0.247 e. The summed E-state index contributed by atoms with van der Waals surface area (Å²) in [7, 11) is 0. The number of hydrogen-bond donors (Lipinski definition) is 0. The molecule has 1 aliphatic rings. The van der Waals surface area contributed by atoms with Gasteiger partial charge in [0, 0.05) is 0 Å². The predicted molar refractivity (Wildman–Crippen MR) is 102 cm³/mol. The zero-order chi connectivity index (χ0) is 16.9. The van der Waals surface area contributed by atoms with Gasteiger partial charge in [-0.2, -0.15) is 0 Å². The van der Waals surface area contributed by atoms with Crippen molar-refractivity contribution in [1.82, 2.24) is 0 Å². The Morgan fingerprint density at radius 3 is 2.09 bits per heavy atom. The maximum Gasteiger partial charge on any atom is 0.100 e. The first-order chi connectivity index (χ1) is 11.2. The molecule has 0 aliphatic heterocycles. The van der Waals surface area contributed by atoms with Gasteiger partial charge in [0.1, 0.15) is 6.17 Å². The van der Waals surface area contributed by atoms with E-state index in [0.29, 0.717) is 5.92 Å². The van der Waals surface area contributed by atoms with Gasteiger partial charge in [-0.05, 0) is 43.4 Å². The number of hydrogen-bond acceptors (Lipinski definition) is 0. The lowest BCUT2D eigenvalue weighted by molar-refractivity contribution is 0.162. The molecule has 138 valence electrons. The van der Waals surface area contributed by atoms with Crippen LogP contribution in [-0.4, -0.2) is 6.17 Å². The van der Waals surface area contributed by atoms with E-state index in [1.54, 1.807) is 0 Å². The van der Waals surface area contributed by atoms with E-state index in [1.807, 2.05) is 0 Å². The number of unbranched alkanes of at least 4 members (excludes halogenated alkanes) is 6. The standard InChI is InChI=1S/C22H43F/c1-4-6-8-9-11-12-20-14-16-21(17-15-20)19(3)18-22(23)13-10-7-5-2/h19-22H,4-18H2,1-3H3. The van der Waals surface area contributed by atoms with Gasteiger partial charge in [0.15, 0.2) is 0 Å². The SMILES string of the molecule is CCCCCCCC1CCC(C(C)CC(F)CCCCC)CC1. The first kappa shape index (κ1) is 21.0. The van der Waals surface area contributed by atoms with Crippen molar-refractivity contribution < 1.29 is 4.39 Å². The van der Waals surface area contributed by atoms with Crippen LogP contribution >= 0.6 is 0 Å². The lowest BCUT2D eigenvalue weighted by Crippen LogP contribution is -2.22. The second-order valence-electron chi connectivity index (χ2n) is 8.29. The maximum absolute atomic E-state index is 14.1. The van der Waals surface area contributed by atoms with Gasteiger partial charge in [0.2, 0.25) is 0 Å². The Labute approximate surface area is 146 Å². The molecule has 2 unspecified atom stereocenters. The molecule has 1 aliphatic carbocycles. The summed E-state index contributed by atoms with van der Waals surface area (Å²) >= 11 is 0. The second kappa shape index (κ2) is 13.2. The highest BCUT2D eigenvalue weighted by molar-refractivity contribution is 4.77. The Bertz CT molecular complexity index is 255. The van der Waals surface area contributed by atoms with Gasteiger partial charge in [0.25, 0.3) is 0 Å². The Hall–Kier alpha value is -0.0700. The summed E-state index contributed by atoms with van der Waals surface area (Å²) in [5.74, 6) is 2.37. The minimum atomic E-state index is -0.548. The fraction of sp³-hybridized carbons (Fsp3) is 1.00. The maximum atomic E-state index is 14.1. The topological polar surface area (TPSA) is 0 Å². The van der Waals surface area contributed by atoms with E-state index < -0.39 is 6.17 Å². The summed E-state index contributed by atoms with van der Waals surface area (Å²) in [5.41, 5.74) is 0. The highest BCUT2D eigenvalue weighted by Crippen LogP contribution is 2.37. The van der Waals surface area contributed by atoms with Gasteiger partial charge in [-0.15, -0.1) is 0 Å². The molecule has 1 rings (SSSR count). The molecule has 0 heterocycles. The van der Waals surface area contributed by atoms with Crippen LogP contribution in [0.4, 0.5) is 4.39 Å². The van der Waals surface area contributed by atoms with Crippen molar-refractivity contribution in [2.45, 2.75) is 123 Å². The highest BCUT2D eigenvalue weighted by atomic mass is 19.1. The van der Waals surface area contributed by atoms with Crippen molar-refractivity contribution in [2.75, 3.05) is 0 Å². The minimum absolute atomic E-state index is 0.548. The quantitative estimate of drug-likeness (QED) is 0.300. The van der Waals surface area contributed by atoms with E-state index in [2.05, 4.69) is 20.8 Å². The molecule has 1 heteroatoms. The highest BCUT2D eigenvalue weighted by Gasteiger charge is 2.26. The number of alkyl halides is 1. The molecule has 2 atom stereocenters. The fourth-order valence-electron chi connectivity index (χ4n) is 4.41. The summed E-state index contributed by atoms with van der Waals surface area (Å²) in [4.78, 5) is 0. The fourth-order valence-corrected chi connectivity index (χ4v) is 4.41. The first-order valence-electron chi connectivity index (χ1n) is 10.8. The molecule has 0 saturated heterocycles. The third-order valence-corrected chi connectivity index (χ3v) is 6.16. The van der Waals surface area contributed by atoms with Crippen LogP contribution in [-0.2, 0) is 0 Å². The molecule has 0 radical (unpaired) electrons. The summed E-state index contributed by atoms with van der Waals surface area (Å²) < 4.78 is 14.1. The smallest absolute Gasteiger partial charge is 0.100 e. The van der Waals surface area contributed by atoms with Crippen molar-refractivity contribution in [3.05, 3.63) is 0 Å². The van der Waals surface area contributed by atoms with Crippen LogP contribution in [0, 0.1) is 17.8 Å². The summed E-state index contributed by atoms with van der Waals surface area (Å²) in [5, 5.41) is 0. The number of halogens is 1. The molecule has 0 aromatic heterocycles. The van der Waals surface area contributed by atoms with Crippen LogP contribution in [0.25, 0.3) is 0 Å². The average molecular weight is 327 g/mol. The third-order valence-electron chi connectivity index (χ3n) is 6.16. The molecule has 0 nitrogen and oxygen atoms in total. The van der Waals surface area contributed by atoms with Crippen LogP contribution in [0.15, 0.2) is 0 Å². The van der Waals surface area contributed by atoms with Crippen molar-refractivity contribution >= 4 is 0 Å². The second-order valence-corrected chi connectivity index (χ2v) is 8.29. The molecule has 23 heavy (non-hydrogen) atoms. The van der Waals surface area contributed by atoms with E-state index >= 15 is 0 Å². The lowest BCUT2D eigenvalue weighted by atomic mass is 9.73. The molecule has 1 saturated carbocycles. The van der Waals surface area contributed by atoms with Crippen LogP contribution in [0.5, 0.6) is 0 Å². The Balaban J connectivity index is 2.09. The summed E-state index contributed by atoms with van der Waals surface area (Å²) in [6.45, 7) is 6.79. The van der Waals surface area contributed by atoms with E-state index in [4.69, 9.17) is 0 Å². The molecule has 0 aromatic carbocycles. The number of rotatable bonds is 13. The van der Waals surface area contributed by atoms with E-state index in [9.17, 15) is 4.39 Å². The first-order valence-corrected chi connectivity index (χ1v) is 10.8. The van der Waals surface area contributed by atoms with E-state index in [-0.39, 0.29) is 0 Å². The molecule has 1 fully saturated rings. The van der Waals surface area contributed by atoms with E-state index in [0.717, 1.165) is 31.1 Å². The predicted octanol–water partition coefficient (Wildman–Crippen LogP) is 8.10.